The number of para-hydroxylation sites is 2. The second-order valence-electron chi connectivity index (χ2n) is 7.03. The summed E-state index contributed by atoms with van der Waals surface area (Å²) in [5, 5.41) is 7.03. The van der Waals surface area contributed by atoms with Gasteiger partial charge in [-0.05, 0) is 36.8 Å². The minimum atomic E-state index is -0.387. The number of ether oxygens (including phenoxy) is 1. The van der Waals surface area contributed by atoms with Gasteiger partial charge < -0.3 is 15.0 Å². The van der Waals surface area contributed by atoms with Gasteiger partial charge in [-0.15, -0.1) is 0 Å². The van der Waals surface area contributed by atoms with Gasteiger partial charge in [0.1, 0.15) is 18.4 Å². The first kappa shape index (κ1) is 19.6. The molecule has 1 aliphatic heterocycles. The fraction of sp³-hybridized carbons (Fsp3) is 0.273. The summed E-state index contributed by atoms with van der Waals surface area (Å²) < 4.78 is 7.30. The zero-order valence-corrected chi connectivity index (χ0v) is 16.7. The van der Waals surface area contributed by atoms with Crippen LogP contribution in [0.15, 0.2) is 61.2 Å². The molecular formula is C22H23N5O3. The molecule has 154 valence electrons. The van der Waals surface area contributed by atoms with Gasteiger partial charge in [-0.1, -0.05) is 24.3 Å². The average Bonchev–Trinajstić information content (AvgIpc) is 3.43. The van der Waals surface area contributed by atoms with Gasteiger partial charge in [-0.3, -0.25) is 9.59 Å². The molecular weight excluding hydrogens is 382 g/mol. The van der Waals surface area contributed by atoms with E-state index in [-0.39, 0.29) is 24.2 Å². The van der Waals surface area contributed by atoms with Crippen LogP contribution in [0, 0.1) is 5.92 Å². The molecule has 2 aromatic carbocycles. The van der Waals surface area contributed by atoms with E-state index in [1.165, 1.54) is 6.33 Å². The van der Waals surface area contributed by atoms with Crippen molar-refractivity contribution in [3.05, 3.63) is 66.7 Å². The highest BCUT2D eigenvalue weighted by molar-refractivity contribution is 6.01. The lowest BCUT2D eigenvalue weighted by Crippen LogP contribution is -2.32. The Balaban J connectivity index is 1.36. The average molecular weight is 405 g/mol. The van der Waals surface area contributed by atoms with Gasteiger partial charge in [0.25, 0.3) is 0 Å². The maximum atomic E-state index is 12.7. The van der Waals surface area contributed by atoms with E-state index >= 15 is 0 Å². The molecule has 0 radical (unpaired) electrons. The number of hydrogen-bond donors (Lipinski definition) is 1. The van der Waals surface area contributed by atoms with Crippen molar-refractivity contribution in [2.24, 2.45) is 5.92 Å². The van der Waals surface area contributed by atoms with Crippen LogP contribution in [0.1, 0.15) is 18.9 Å². The smallest absolute Gasteiger partial charge is 0.227 e. The monoisotopic (exact) mass is 405 g/mol. The Hall–Kier alpha value is -3.68. The molecule has 0 spiro atoms. The summed E-state index contributed by atoms with van der Waals surface area (Å²) in [4.78, 5) is 30.8. The van der Waals surface area contributed by atoms with Gasteiger partial charge in [0.05, 0.1) is 23.9 Å². The Kier molecular flexibility index (Phi) is 5.74. The van der Waals surface area contributed by atoms with Gasteiger partial charge in [0.15, 0.2) is 0 Å². The molecule has 1 saturated heterocycles. The summed E-state index contributed by atoms with van der Waals surface area (Å²) in [6, 6.07) is 15.1. The fourth-order valence-electron chi connectivity index (χ4n) is 3.52. The predicted octanol–water partition coefficient (Wildman–Crippen LogP) is 2.34. The van der Waals surface area contributed by atoms with Gasteiger partial charge in [0, 0.05) is 19.5 Å². The third-order valence-electron chi connectivity index (χ3n) is 5.04. The molecule has 1 fully saturated rings. The van der Waals surface area contributed by atoms with E-state index in [2.05, 4.69) is 15.4 Å². The SMILES string of the molecule is CCOc1ccccc1N1CC(C(=O)NCc2ccc(-n3cncn3)cc2)CC1=O. The molecule has 1 unspecified atom stereocenters. The Morgan fingerprint density at radius 3 is 2.73 bits per heavy atom. The van der Waals surface area contributed by atoms with Gasteiger partial charge >= 0.3 is 0 Å². The highest BCUT2D eigenvalue weighted by atomic mass is 16.5. The minimum absolute atomic E-state index is 0.0699. The Bertz CT molecular complexity index is 1020. The number of hydrogen-bond acceptors (Lipinski definition) is 5. The molecule has 2 amide bonds. The minimum Gasteiger partial charge on any atom is -0.492 e. The summed E-state index contributed by atoms with van der Waals surface area (Å²) in [5.74, 6) is 0.0723. The Morgan fingerprint density at radius 1 is 1.20 bits per heavy atom. The molecule has 8 nitrogen and oxygen atoms in total. The van der Waals surface area contributed by atoms with Crippen LogP contribution in [0.5, 0.6) is 5.75 Å². The van der Waals surface area contributed by atoms with E-state index in [0.29, 0.717) is 31.1 Å². The number of benzene rings is 2. The van der Waals surface area contributed by atoms with Crippen molar-refractivity contribution in [1.29, 1.82) is 0 Å². The van der Waals surface area contributed by atoms with Crippen LogP contribution >= 0.6 is 0 Å². The Morgan fingerprint density at radius 2 is 2.00 bits per heavy atom. The molecule has 8 heteroatoms. The van der Waals surface area contributed by atoms with Crippen molar-refractivity contribution >= 4 is 17.5 Å². The molecule has 4 rings (SSSR count). The van der Waals surface area contributed by atoms with E-state index in [1.54, 1.807) is 15.9 Å². The number of carbonyl (C=O) groups excluding carboxylic acids is 2. The first-order valence-corrected chi connectivity index (χ1v) is 9.89. The Labute approximate surface area is 174 Å². The van der Waals surface area contributed by atoms with Crippen molar-refractivity contribution in [3.8, 4) is 11.4 Å². The lowest BCUT2D eigenvalue weighted by atomic mass is 10.1. The largest absolute Gasteiger partial charge is 0.492 e. The molecule has 1 atom stereocenters. The van der Waals surface area contributed by atoms with E-state index in [1.807, 2.05) is 55.5 Å². The molecule has 0 aliphatic carbocycles. The lowest BCUT2D eigenvalue weighted by Gasteiger charge is -2.20. The van der Waals surface area contributed by atoms with Crippen molar-refractivity contribution in [2.75, 3.05) is 18.1 Å². The van der Waals surface area contributed by atoms with Crippen molar-refractivity contribution in [3.63, 3.8) is 0 Å². The van der Waals surface area contributed by atoms with Crippen LogP contribution in [0.2, 0.25) is 0 Å². The lowest BCUT2D eigenvalue weighted by molar-refractivity contribution is -0.126. The number of carbonyl (C=O) groups is 2. The number of aromatic nitrogens is 3. The molecule has 0 saturated carbocycles. The highest BCUT2D eigenvalue weighted by Gasteiger charge is 2.36. The molecule has 30 heavy (non-hydrogen) atoms. The maximum Gasteiger partial charge on any atom is 0.227 e. The van der Waals surface area contributed by atoms with E-state index in [4.69, 9.17) is 4.74 Å². The molecule has 2 heterocycles. The van der Waals surface area contributed by atoms with Crippen LogP contribution in [0.4, 0.5) is 5.69 Å². The molecule has 1 aromatic heterocycles. The molecule has 1 aliphatic rings. The van der Waals surface area contributed by atoms with Crippen molar-refractivity contribution in [1.82, 2.24) is 20.1 Å². The number of rotatable bonds is 7. The van der Waals surface area contributed by atoms with Gasteiger partial charge in [-0.25, -0.2) is 9.67 Å². The summed E-state index contributed by atoms with van der Waals surface area (Å²) in [5.41, 5.74) is 2.58. The second-order valence-corrected chi connectivity index (χ2v) is 7.03. The standard InChI is InChI=1S/C22H23N5O3/c1-2-30-20-6-4-3-5-19(20)26-13-17(11-21(26)28)22(29)24-12-16-7-9-18(10-8-16)27-15-23-14-25-27/h3-10,14-15,17H,2,11-13H2,1H3,(H,24,29). The number of nitrogens with zero attached hydrogens (tertiary/aromatic N) is 4. The molecule has 3 aromatic rings. The summed E-state index contributed by atoms with van der Waals surface area (Å²) >= 11 is 0. The summed E-state index contributed by atoms with van der Waals surface area (Å²) in [6.07, 6.45) is 3.30. The van der Waals surface area contributed by atoms with Crippen molar-refractivity contribution in [2.45, 2.75) is 19.9 Å². The number of amides is 2. The van der Waals surface area contributed by atoms with E-state index < -0.39 is 0 Å². The quantitative estimate of drug-likeness (QED) is 0.652. The van der Waals surface area contributed by atoms with E-state index in [0.717, 1.165) is 11.3 Å². The predicted molar refractivity (Wildman–Crippen MR) is 111 cm³/mol. The zero-order chi connectivity index (χ0) is 20.9. The number of nitrogens with one attached hydrogen (secondary N) is 1. The number of anilines is 1. The van der Waals surface area contributed by atoms with Gasteiger partial charge in [0.2, 0.25) is 11.8 Å². The van der Waals surface area contributed by atoms with Crippen LogP contribution < -0.4 is 15.0 Å². The van der Waals surface area contributed by atoms with Crippen LogP contribution in [-0.4, -0.2) is 39.7 Å². The third-order valence-corrected chi connectivity index (χ3v) is 5.04. The zero-order valence-electron chi connectivity index (χ0n) is 16.7. The highest BCUT2D eigenvalue weighted by Crippen LogP contribution is 2.33. The van der Waals surface area contributed by atoms with Crippen LogP contribution in [0.25, 0.3) is 5.69 Å². The van der Waals surface area contributed by atoms with Crippen molar-refractivity contribution < 1.29 is 14.3 Å². The third kappa shape index (κ3) is 4.17. The normalized spacial score (nSPS) is 16.0. The van der Waals surface area contributed by atoms with Gasteiger partial charge in [-0.2, -0.15) is 5.10 Å². The van der Waals surface area contributed by atoms with E-state index in [9.17, 15) is 9.59 Å². The molecule has 0 bridgehead atoms. The van der Waals surface area contributed by atoms with Crippen LogP contribution in [-0.2, 0) is 16.1 Å². The maximum absolute atomic E-state index is 12.7. The fourth-order valence-corrected chi connectivity index (χ4v) is 3.52. The van der Waals surface area contributed by atoms with Crippen LogP contribution in [0.3, 0.4) is 0 Å². The second kappa shape index (κ2) is 8.77. The summed E-state index contributed by atoms with van der Waals surface area (Å²) in [6.45, 7) is 3.16. The summed E-state index contributed by atoms with van der Waals surface area (Å²) in [7, 11) is 0. The first-order chi connectivity index (χ1) is 14.7. The molecule has 1 N–H and O–H groups in total. The first-order valence-electron chi connectivity index (χ1n) is 9.89. The topological polar surface area (TPSA) is 89.3 Å².